The van der Waals surface area contributed by atoms with Gasteiger partial charge in [0.2, 0.25) is 0 Å². The number of rotatable bonds is 6. The van der Waals surface area contributed by atoms with E-state index in [0.717, 1.165) is 17.6 Å². The zero-order chi connectivity index (χ0) is 20.0. The zero-order valence-electron chi connectivity index (χ0n) is 16.0. The summed E-state index contributed by atoms with van der Waals surface area (Å²) in [5, 5.41) is 20.1. The van der Waals surface area contributed by atoms with Gasteiger partial charge in [-0.25, -0.2) is 4.99 Å². The third kappa shape index (κ3) is 7.57. The Labute approximate surface area is 235 Å². The third-order valence-electron chi connectivity index (χ3n) is 3.67. The van der Waals surface area contributed by atoms with Crippen molar-refractivity contribution in [2.75, 3.05) is 6.61 Å². The SMILES string of the molecule is O=C1N=CN=C2C1N=CN2[C@@H]1O[C@H](COP(=O)([O-])OP(=O)([O-])[O-])[C@@H](O)[C@H]1O.[Na].[Na].[Na]. The molecule has 153 valence electrons. The minimum absolute atomic E-state index is 0. The van der Waals surface area contributed by atoms with Gasteiger partial charge >= 0.3 is 0 Å². The van der Waals surface area contributed by atoms with Crippen molar-refractivity contribution in [1.82, 2.24) is 4.90 Å². The molecule has 20 heteroatoms. The molecule has 3 heterocycles. The molecule has 0 saturated carbocycles. The Morgan fingerprint density at radius 2 is 1.80 bits per heavy atom. The number of hydrogen-bond donors (Lipinski definition) is 2. The summed E-state index contributed by atoms with van der Waals surface area (Å²) in [4.78, 5) is 55.9. The summed E-state index contributed by atoms with van der Waals surface area (Å²) in [6.45, 7) is -0.962. The van der Waals surface area contributed by atoms with Gasteiger partial charge in [-0.2, -0.15) is 4.99 Å². The number of amidine groups is 1. The van der Waals surface area contributed by atoms with Gasteiger partial charge in [0.25, 0.3) is 13.7 Å². The number of aliphatic hydroxyl groups excluding tert-OH is 2. The fraction of sp³-hybridized carbons (Fsp3) is 0.600. The first kappa shape index (κ1) is 31.6. The van der Waals surface area contributed by atoms with Gasteiger partial charge < -0.3 is 38.7 Å². The second-order valence-electron chi connectivity index (χ2n) is 5.46. The van der Waals surface area contributed by atoms with Crippen LogP contribution in [-0.4, -0.2) is 165 Å². The van der Waals surface area contributed by atoms with E-state index in [0.29, 0.717) is 0 Å². The first-order valence-electron chi connectivity index (χ1n) is 7.15. The minimum Gasteiger partial charge on any atom is -0.790 e. The molecule has 0 spiro atoms. The van der Waals surface area contributed by atoms with Crippen LogP contribution in [0.5, 0.6) is 0 Å². The predicted molar refractivity (Wildman–Crippen MR) is 95.2 cm³/mol. The molecule has 6 atom stereocenters. The van der Waals surface area contributed by atoms with Crippen molar-refractivity contribution < 1.29 is 52.4 Å². The molecular formula is C10H11N4Na3O11P2-3. The number of phosphoric acid groups is 2. The summed E-state index contributed by atoms with van der Waals surface area (Å²) in [6.07, 6.45) is -3.91. The van der Waals surface area contributed by atoms with E-state index in [1.807, 2.05) is 0 Å². The van der Waals surface area contributed by atoms with E-state index in [1.165, 1.54) is 0 Å². The van der Waals surface area contributed by atoms with Crippen molar-refractivity contribution in [3.8, 4) is 0 Å². The molecule has 3 radical (unpaired) electrons. The van der Waals surface area contributed by atoms with Gasteiger partial charge in [0.05, 0.1) is 20.8 Å². The van der Waals surface area contributed by atoms with Crippen LogP contribution >= 0.6 is 15.6 Å². The second kappa shape index (κ2) is 12.4. The Morgan fingerprint density at radius 3 is 2.40 bits per heavy atom. The number of carbonyl (C=O) groups excluding carboxylic acids is 1. The quantitative estimate of drug-likeness (QED) is 0.260. The van der Waals surface area contributed by atoms with E-state index in [9.17, 15) is 38.8 Å². The molecule has 0 aliphatic carbocycles. The van der Waals surface area contributed by atoms with E-state index in [1.54, 1.807) is 0 Å². The van der Waals surface area contributed by atoms with Crippen molar-refractivity contribution in [2.45, 2.75) is 30.6 Å². The van der Waals surface area contributed by atoms with Gasteiger partial charge in [0.1, 0.15) is 30.5 Å². The van der Waals surface area contributed by atoms with Gasteiger partial charge in [-0.05, 0) is 0 Å². The average molecular weight is 494 g/mol. The van der Waals surface area contributed by atoms with Crippen LogP contribution < -0.4 is 14.7 Å². The molecule has 1 amide bonds. The van der Waals surface area contributed by atoms with E-state index >= 15 is 0 Å². The Kier molecular flexibility index (Phi) is 13.0. The van der Waals surface area contributed by atoms with E-state index in [2.05, 4.69) is 23.8 Å². The number of aliphatic imine (C=N–C) groups is 3. The molecule has 1 saturated heterocycles. The van der Waals surface area contributed by atoms with E-state index < -0.39 is 58.7 Å². The minimum atomic E-state index is -5.87. The number of ether oxygens (including phenoxy) is 1. The summed E-state index contributed by atoms with van der Waals surface area (Å²) in [6, 6.07) is -1.03. The molecule has 3 rings (SSSR count). The van der Waals surface area contributed by atoms with Crippen LogP contribution in [0, 0.1) is 0 Å². The van der Waals surface area contributed by atoms with Gasteiger partial charge in [-0.1, -0.05) is 0 Å². The number of carbonyl (C=O) groups is 1. The number of hydrogen-bond acceptors (Lipinski definition) is 14. The van der Waals surface area contributed by atoms with Crippen LogP contribution in [-0.2, 0) is 27.5 Å². The van der Waals surface area contributed by atoms with E-state index in [4.69, 9.17) is 4.74 Å². The molecule has 1 fully saturated rings. The van der Waals surface area contributed by atoms with Gasteiger partial charge in [-0.3, -0.25) is 23.6 Å². The molecule has 2 unspecified atom stereocenters. The fourth-order valence-corrected chi connectivity index (χ4v) is 4.03. The third-order valence-corrected chi connectivity index (χ3v) is 5.73. The number of aliphatic hydroxyl groups is 2. The molecule has 0 aromatic heterocycles. The van der Waals surface area contributed by atoms with Crippen LogP contribution in [0.15, 0.2) is 15.0 Å². The van der Waals surface area contributed by atoms with Crippen molar-refractivity contribution in [2.24, 2.45) is 15.0 Å². The molecule has 0 aromatic carbocycles. The molecular weight excluding hydrogens is 483 g/mol. The maximum atomic E-state index is 11.6. The van der Waals surface area contributed by atoms with Crippen molar-refractivity contribution in [3.63, 3.8) is 0 Å². The summed E-state index contributed by atoms with van der Waals surface area (Å²) in [5.74, 6) is -0.528. The Bertz CT molecular complexity index is 823. The van der Waals surface area contributed by atoms with Crippen LogP contribution in [0.2, 0.25) is 0 Å². The van der Waals surface area contributed by atoms with Crippen LogP contribution in [0.1, 0.15) is 0 Å². The molecule has 3 aliphatic heterocycles. The number of nitrogens with zero attached hydrogens (tertiary/aromatic N) is 4. The largest absolute Gasteiger partial charge is 0.790 e. The van der Waals surface area contributed by atoms with E-state index in [-0.39, 0.29) is 94.5 Å². The normalized spacial score (nSPS) is 31.8. The monoisotopic (exact) mass is 494 g/mol. The summed E-state index contributed by atoms with van der Waals surface area (Å²) in [5.41, 5.74) is 0. The van der Waals surface area contributed by atoms with Crippen LogP contribution in [0.3, 0.4) is 0 Å². The second-order valence-corrected chi connectivity index (χ2v) is 8.16. The standard InChI is InChI=1S/C10H14N4O11P2.3Na/c15-6-4(1-23-27(21,22)25-26(18,19)20)24-10(7(6)16)14-3-13-5-8(14)11-2-12-9(5)17;;;/h2-7,10,15-16H,1H2,(H,21,22)(H2,18,19,20);;;/p-3/t4-,5?,6-,7-,10-;;;/m1.../s1. The average Bonchev–Trinajstić information content (AvgIpc) is 3.07. The Hall–Kier alpha value is 1.62. The van der Waals surface area contributed by atoms with Gasteiger partial charge in [0.15, 0.2) is 12.3 Å². The van der Waals surface area contributed by atoms with Gasteiger partial charge in [-0.15, -0.1) is 0 Å². The van der Waals surface area contributed by atoms with Crippen molar-refractivity contribution >= 4 is 129 Å². The number of phosphoric ester groups is 1. The van der Waals surface area contributed by atoms with Crippen LogP contribution in [0.4, 0.5) is 0 Å². The van der Waals surface area contributed by atoms with Crippen LogP contribution in [0.25, 0.3) is 0 Å². The molecule has 0 bridgehead atoms. The zero-order valence-corrected chi connectivity index (χ0v) is 23.8. The Balaban J connectivity index is 0.00000280. The first-order chi connectivity index (χ1) is 12.5. The maximum Gasteiger partial charge on any atom is 0.279 e. The maximum absolute atomic E-state index is 11.6. The summed E-state index contributed by atoms with van der Waals surface area (Å²) in [7, 11) is -11.4. The predicted octanol–water partition coefficient (Wildman–Crippen LogP) is -5.70. The Morgan fingerprint density at radius 1 is 1.17 bits per heavy atom. The molecule has 0 aromatic rings. The smallest absolute Gasteiger partial charge is 0.279 e. The van der Waals surface area contributed by atoms with Gasteiger partial charge in [0, 0.05) is 88.7 Å². The molecule has 2 N–H and O–H groups in total. The number of amides is 1. The fourth-order valence-electron chi connectivity index (χ4n) is 2.54. The molecule has 15 nitrogen and oxygen atoms in total. The molecule has 3 aliphatic rings. The summed E-state index contributed by atoms with van der Waals surface area (Å²) >= 11 is 0. The number of fused-ring (bicyclic) bond motifs is 1. The first-order valence-corrected chi connectivity index (χ1v) is 10.1. The van der Waals surface area contributed by atoms with Crippen molar-refractivity contribution in [3.05, 3.63) is 0 Å². The summed E-state index contributed by atoms with van der Waals surface area (Å²) < 4.78 is 34.4. The van der Waals surface area contributed by atoms with Crippen molar-refractivity contribution in [1.29, 1.82) is 0 Å². The molecule has 30 heavy (non-hydrogen) atoms. The topological polar surface area (TPSA) is 229 Å².